The van der Waals surface area contributed by atoms with Crippen LogP contribution in [0.1, 0.15) is 31.1 Å². The second kappa shape index (κ2) is 10.7. The van der Waals surface area contributed by atoms with Gasteiger partial charge in [0.15, 0.2) is 6.61 Å². The maximum Gasteiger partial charge on any atom is 0.338 e. The summed E-state index contributed by atoms with van der Waals surface area (Å²) in [6.07, 6.45) is 0. The number of sulfonamides is 1. The fourth-order valence-electron chi connectivity index (χ4n) is 2.67. The quantitative estimate of drug-likeness (QED) is 0.577. The lowest BCUT2D eigenvalue weighted by Crippen LogP contribution is -2.30. The highest BCUT2D eigenvalue weighted by molar-refractivity contribution is 7.89. The van der Waals surface area contributed by atoms with Gasteiger partial charge in [-0.25, -0.2) is 13.2 Å². The summed E-state index contributed by atoms with van der Waals surface area (Å²) in [6, 6.07) is 12.2. The van der Waals surface area contributed by atoms with Crippen LogP contribution in [0.4, 0.5) is 5.69 Å². The van der Waals surface area contributed by atoms with Gasteiger partial charge < -0.3 is 14.8 Å². The van der Waals surface area contributed by atoms with Gasteiger partial charge in [0.1, 0.15) is 5.75 Å². The van der Waals surface area contributed by atoms with Crippen molar-refractivity contribution < 1.29 is 27.5 Å². The number of ether oxygens (including phenoxy) is 2. The normalized spacial score (nSPS) is 11.2. The van der Waals surface area contributed by atoms with Gasteiger partial charge in [-0.15, -0.1) is 0 Å². The average molecular weight is 435 g/mol. The Balaban J connectivity index is 1.91. The first-order valence-corrected chi connectivity index (χ1v) is 11.1. The van der Waals surface area contributed by atoms with Crippen LogP contribution in [0.15, 0.2) is 53.4 Å². The molecule has 0 aromatic heterocycles. The molecule has 0 bridgehead atoms. The Morgan fingerprint density at radius 2 is 1.53 bits per heavy atom. The summed E-state index contributed by atoms with van der Waals surface area (Å²) in [7, 11) is -3.54. The van der Waals surface area contributed by atoms with E-state index in [1.54, 1.807) is 45.0 Å². The lowest BCUT2D eigenvalue weighted by atomic mass is 10.2. The Morgan fingerprint density at radius 3 is 2.07 bits per heavy atom. The van der Waals surface area contributed by atoms with Gasteiger partial charge in [-0.3, -0.25) is 4.79 Å². The van der Waals surface area contributed by atoms with Crippen molar-refractivity contribution in [2.45, 2.75) is 25.7 Å². The fraction of sp³-hybridized carbons (Fsp3) is 0.333. The molecule has 0 saturated heterocycles. The largest absolute Gasteiger partial charge is 0.484 e. The zero-order valence-corrected chi connectivity index (χ0v) is 18.1. The van der Waals surface area contributed by atoms with E-state index in [-0.39, 0.29) is 18.1 Å². The molecule has 0 heterocycles. The van der Waals surface area contributed by atoms with E-state index in [0.717, 1.165) is 0 Å². The highest BCUT2D eigenvalue weighted by Crippen LogP contribution is 2.19. The van der Waals surface area contributed by atoms with Gasteiger partial charge in [-0.2, -0.15) is 4.31 Å². The molecule has 30 heavy (non-hydrogen) atoms. The van der Waals surface area contributed by atoms with Crippen LogP contribution < -0.4 is 10.1 Å². The molecule has 0 aliphatic heterocycles. The molecule has 0 spiro atoms. The Hall–Kier alpha value is -2.91. The molecule has 0 radical (unpaired) electrons. The molecule has 2 aromatic carbocycles. The Morgan fingerprint density at radius 1 is 0.933 bits per heavy atom. The molecule has 0 fully saturated rings. The third-order valence-electron chi connectivity index (χ3n) is 4.22. The topological polar surface area (TPSA) is 102 Å². The zero-order chi connectivity index (χ0) is 22.1. The van der Waals surface area contributed by atoms with Crippen molar-refractivity contribution in [2.75, 3.05) is 31.6 Å². The van der Waals surface area contributed by atoms with Gasteiger partial charge in [0.2, 0.25) is 10.0 Å². The summed E-state index contributed by atoms with van der Waals surface area (Å²) in [6.45, 7) is 6.10. The van der Waals surface area contributed by atoms with Crippen molar-refractivity contribution in [1.82, 2.24) is 4.31 Å². The van der Waals surface area contributed by atoms with E-state index in [9.17, 15) is 18.0 Å². The second-order valence-electron chi connectivity index (χ2n) is 6.20. The minimum absolute atomic E-state index is 0.171. The predicted octanol–water partition coefficient (Wildman–Crippen LogP) is 2.91. The summed E-state index contributed by atoms with van der Waals surface area (Å²) in [5.74, 6) is -0.440. The summed E-state index contributed by atoms with van der Waals surface area (Å²) in [4.78, 5) is 23.9. The van der Waals surface area contributed by atoms with Crippen LogP contribution in [0.5, 0.6) is 5.75 Å². The van der Waals surface area contributed by atoms with Gasteiger partial charge >= 0.3 is 5.97 Å². The van der Waals surface area contributed by atoms with E-state index in [0.29, 0.717) is 30.1 Å². The highest BCUT2D eigenvalue weighted by Gasteiger charge is 2.21. The lowest BCUT2D eigenvalue weighted by Gasteiger charge is -2.18. The SMILES string of the molecule is CCOC(=O)c1ccc(NC(=O)COc2ccc(S(=O)(=O)N(CC)CC)cc2)cc1. The molecule has 9 heteroatoms. The van der Waals surface area contributed by atoms with Crippen LogP contribution >= 0.6 is 0 Å². The van der Waals surface area contributed by atoms with Crippen molar-refractivity contribution in [1.29, 1.82) is 0 Å². The molecule has 1 N–H and O–H groups in total. The number of benzene rings is 2. The van der Waals surface area contributed by atoms with E-state index in [1.165, 1.54) is 28.6 Å². The van der Waals surface area contributed by atoms with Crippen molar-refractivity contribution in [3.63, 3.8) is 0 Å². The fourth-order valence-corrected chi connectivity index (χ4v) is 4.13. The van der Waals surface area contributed by atoms with Gasteiger partial charge in [-0.05, 0) is 55.5 Å². The zero-order valence-electron chi connectivity index (χ0n) is 17.3. The number of nitrogens with one attached hydrogen (secondary N) is 1. The standard InChI is InChI=1S/C21H26N2O6S/c1-4-23(5-2)30(26,27)19-13-11-18(12-14-19)29-15-20(24)22-17-9-7-16(8-10-17)21(25)28-6-3/h7-14H,4-6,15H2,1-3H3,(H,22,24). The van der Waals surface area contributed by atoms with E-state index in [4.69, 9.17) is 9.47 Å². The molecule has 2 aromatic rings. The van der Waals surface area contributed by atoms with E-state index in [1.807, 2.05) is 0 Å². The number of hydrogen-bond donors (Lipinski definition) is 1. The molecule has 0 unspecified atom stereocenters. The number of hydrogen-bond acceptors (Lipinski definition) is 6. The number of anilines is 1. The first kappa shape index (κ1) is 23.4. The summed E-state index contributed by atoms with van der Waals surface area (Å²) in [5, 5.41) is 2.66. The summed E-state index contributed by atoms with van der Waals surface area (Å²) in [5.41, 5.74) is 0.906. The molecule has 1 amide bonds. The molecule has 8 nitrogen and oxygen atoms in total. The van der Waals surface area contributed by atoms with Crippen LogP contribution in [0.25, 0.3) is 0 Å². The number of nitrogens with zero attached hydrogens (tertiary/aromatic N) is 1. The molecule has 0 aliphatic rings. The van der Waals surface area contributed by atoms with Crippen LogP contribution in [0.3, 0.4) is 0 Å². The van der Waals surface area contributed by atoms with Crippen molar-refractivity contribution in [2.24, 2.45) is 0 Å². The highest BCUT2D eigenvalue weighted by atomic mass is 32.2. The molecule has 162 valence electrons. The van der Waals surface area contributed by atoms with Gasteiger partial charge in [-0.1, -0.05) is 13.8 Å². The van der Waals surface area contributed by atoms with Crippen molar-refractivity contribution >= 4 is 27.6 Å². The first-order valence-electron chi connectivity index (χ1n) is 9.61. The molecule has 0 atom stereocenters. The van der Waals surface area contributed by atoms with Gasteiger partial charge in [0.05, 0.1) is 17.1 Å². The van der Waals surface area contributed by atoms with Crippen LogP contribution in [0, 0.1) is 0 Å². The Labute approximate surface area is 176 Å². The van der Waals surface area contributed by atoms with E-state index >= 15 is 0 Å². The third-order valence-corrected chi connectivity index (χ3v) is 6.28. The average Bonchev–Trinajstić information content (AvgIpc) is 2.74. The number of rotatable bonds is 10. The number of amides is 1. The second-order valence-corrected chi connectivity index (χ2v) is 8.13. The molecular weight excluding hydrogens is 408 g/mol. The summed E-state index contributed by atoms with van der Waals surface area (Å²) >= 11 is 0. The number of carbonyl (C=O) groups is 2. The first-order chi connectivity index (χ1) is 14.3. The van der Waals surface area contributed by atoms with Crippen LogP contribution in [-0.4, -0.2) is 50.9 Å². The smallest absolute Gasteiger partial charge is 0.338 e. The van der Waals surface area contributed by atoms with Crippen molar-refractivity contribution in [3.8, 4) is 5.75 Å². The molecule has 0 saturated carbocycles. The minimum Gasteiger partial charge on any atom is -0.484 e. The minimum atomic E-state index is -3.54. The van der Waals surface area contributed by atoms with Crippen LogP contribution in [-0.2, 0) is 19.6 Å². The third kappa shape index (κ3) is 6.04. The maximum atomic E-state index is 12.5. The lowest BCUT2D eigenvalue weighted by molar-refractivity contribution is -0.118. The van der Waals surface area contributed by atoms with Gasteiger partial charge in [0, 0.05) is 18.8 Å². The Bertz CT molecular complexity index is 952. The van der Waals surface area contributed by atoms with E-state index in [2.05, 4.69) is 5.32 Å². The predicted molar refractivity (Wildman–Crippen MR) is 113 cm³/mol. The Kier molecular flexibility index (Phi) is 8.37. The molecule has 2 rings (SSSR count). The maximum absolute atomic E-state index is 12.5. The van der Waals surface area contributed by atoms with Crippen LogP contribution in [0.2, 0.25) is 0 Å². The molecular formula is C21H26N2O6S. The monoisotopic (exact) mass is 434 g/mol. The van der Waals surface area contributed by atoms with Crippen molar-refractivity contribution in [3.05, 3.63) is 54.1 Å². The van der Waals surface area contributed by atoms with Gasteiger partial charge in [0.25, 0.3) is 5.91 Å². The summed E-state index contributed by atoms with van der Waals surface area (Å²) < 4.78 is 36.6. The van der Waals surface area contributed by atoms with E-state index < -0.39 is 21.9 Å². The molecule has 0 aliphatic carbocycles. The number of esters is 1. The number of carbonyl (C=O) groups excluding carboxylic acids is 2.